The monoisotopic (exact) mass is 291 g/mol. The lowest BCUT2D eigenvalue weighted by Crippen LogP contribution is -2.53. The van der Waals surface area contributed by atoms with Gasteiger partial charge in [0.15, 0.2) is 0 Å². The van der Waals surface area contributed by atoms with Gasteiger partial charge in [0.1, 0.15) is 0 Å². The molecule has 21 heavy (non-hydrogen) atoms. The molecule has 0 aromatic heterocycles. The maximum Gasteiger partial charge on any atom is 0.232 e. The molecule has 1 saturated heterocycles. The van der Waals surface area contributed by atoms with Crippen LogP contribution in [0.25, 0.3) is 0 Å². The molecule has 0 radical (unpaired) electrons. The molecule has 0 bridgehead atoms. The number of anilines is 1. The van der Waals surface area contributed by atoms with Gasteiger partial charge in [0.05, 0.1) is 12.0 Å². The number of rotatable bonds is 4. The van der Waals surface area contributed by atoms with E-state index in [0.29, 0.717) is 12.2 Å². The van der Waals surface area contributed by atoms with Gasteiger partial charge in [0, 0.05) is 38.4 Å². The Balaban J connectivity index is 2.03. The Kier molecular flexibility index (Phi) is 4.85. The molecule has 0 unspecified atom stereocenters. The van der Waals surface area contributed by atoms with Crippen molar-refractivity contribution in [3.05, 3.63) is 29.8 Å². The highest BCUT2D eigenvalue weighted by Gasteiger charge is 2.34. The zero-order valence-corrected chi connectivity index (χ0v) is 12.9. The summed E-state index contributed by atoms with van der Waals surface area (Å²) >= 11 is 0. The van der Waals surface area contributed by atoms with Crippen molar-refractivity contribution in [2.45, 2.75) is 19.3 Å². The molecule has 1 aliphatic heterocycles. The number of β-amino-alcohol motifs (C(OH)–C–C–N with tert-alkyl or cyclic N) is 1. The van der Waals surface area contributed by atoms with E-state index in [2.05, 4.69) is 4.90 Å². The Morgan fingerprint density at radius 3 is 2.29 bits per heavy atom. The molecule has 5 nitrogen and oxygen atoms in total. The maximum absolute atomic E-state index is 12.8. The molecule has 1 heterocycles. The molecule has 0 saturated carbocycles. The minimum atomic E-state index is -0.549. The van der Waals surface area contributed by atoms with Gasteiger partial charge < -0.3 is 15.7 Å². The van der Waals surface area contributed by atoms with E-state index in [9.17, 15) is 4.79 Å². The van der Waals surface area contributed by atoms with Crippen LogP contribution in [0.15, 0.2) is 24.3 Å². The van der Waals surface area contributed by atoms with Crippen molar-refractivity contribution in [3.8, 4) is 0 Å². The number of benzene rings is 1. The number of hydrogen-bond donors (Lipinski definition) is 2. The Hall–Kier alpha value is -1.59. The predicted octanol–water partition coefficient (Wildman–Crippen LogP) is 0.683. The molecule has 2 rings (SSSR count). The number of amides is 1. The standard InChI is InChI=1S/C16H25N3O2/c1-16(2,13-3-5-14(17)6-4-13)15(21)19-9-7-18(8-10-19)11-12-20/h3-6,20H,7-12,17H2,1-2H3. The van der Waals surface area contributed by atoms with Gasteiger partial charge >= 0.3 is 0 Å². The van der Waals surface area contributed by atoms with Crippen molar-refractivity contribution in [1.29, 1.82) is 0 Å². The largest absolute Gasteiger partial charge is 0.399 e. The first-order valence-corrected chi connectivity index (χ1v) is 7.44. The molecule has 1 aromatic rings. The SMILES string of the molecule is CC(C)(C(=O)N1CCN(CCO)CC1)c1ccc(N)cc1. The highest BCUT2D eigenvalue weighted by molar-refractivity contribution is 5.87. The van der Waals surface area contributed by atoms with Crippen LogP contribution in [0.5, 0.6) is 0 Å². The summed E-state index contributed by atoms with van der Waals surface area (Å²) in [5.74, 6) is 0.149. The van der Waals surface area contributed by atoms with E-state index >= 15 is 0 Å². The molecule has 1 amide bonds. The van der Waals surface area contributed by atoms with Gasteiger partial charge in [-0.2, -0.15) is 0 Å². The van der Waals surface area contributed by atoms with Crippen LogP contribution in [0.1, 0.15) is 19.4 Å². The first-order valence-electron chi connectivity index (χ1n) is 7.44. The number of aliphatic hydroxyl groups is 1. The van der Waals surface area contributed by atoms with Crippen LogP contribution in [-0.4, -0.2) is 60.1 Å². The molecule has 1 aromatic carbocycles. The van der Waals surface area contributed by atoms with E-state index in [4.69, 9.17) is 10.8 Å². The van der Waals surface area contributed by atoms with E-state index in [1.165, 1.54) is 0 Å². The van der Waals surface area contributed by atoms with Gasteiger partial charge in [-0.25, -0.2) is 0 Å². The summed E-state index contributed by atoms with van der Waals surface area (Å²) in [7, 11) is 0. The molecule has 1 fully saturated rings. The van der Waals surface area contributed by atoms with Crippen LogP contribution in [0, 0.1) is 0 Å². The minimum Gasteiger partial charge on any atom is -0.399 e. The average Bonchev–Trinajstić information content (AvgIpc) is 2.48. The molecule has 1 aliphatic rings. The summed E-state index contributed by atoms with van der Waals surface area (Å²) in [5.41, 5.74) is 6.86. The Bertz CT molecular complexity index is 477. The first kappa shape index (κ1) is 15.8. The predicted molar refractivity (Wildman–Crippen MR) is 84.0 cm³/mol. The molecule has 116 valence electrons. The van der Waals surface area contributed by atoms with E-state index < -0.39 is 5.41 Å². The molecular weight excluding hydrogens is 266 g/mol. The highest BCUT2D eigenvalue weighted by Crippen LogP contribution is 2.27. The molecule has 0 spiro atoms. The zero-order chi connectivity index (χ0) is 15.5. The summed E-state index contributed by atoms with van der Waals surface area (Å²) in [5, 5.41) is 8.96. The third kappa shape index (κ3) is 3.54. The van der Waals surface area contributed by atoms with Gasteiger partial charge in [0.2, 0.25) is 5.91 Å². The minimum absolute atomic E-state index is 0.149. The van der Waals surface area contributed by atoms with E-state index in [-0.39, 0.29) is 12.5 Å². The van der Waals surface area contributed by atoms with Crippen molar-refractivity contribution in [2.24, 2.45) is 0 Å². The second-order valence-electron chi connectivity index (χ2n) is 6.10. The van der Waals surface area contributed by atoms with Gasteiger partial charge in [-0.15, -0.1) is 0 Å². The van der Waals surface area contributed by atoms with Crippen molar-refractivity contribution >= 4 is 11.6 Å². The molecule has 0 aliphatic carbocycles. The molecule has 5 heteroatoms. The summed E-state index contributed by atoms with van der Waals surface area (Å²) in [6.45, 7) is 7.86. The van der Waals surface area contributed by atoms with Crippen molar-refractivity contribution in [1.82, 2.24) is 9.80 Å². The number of carbonyl (C=O) groups is 1. The number of nitrogens with two attached hydrogens (primary N) is 1. The number of piperazine rings is 1. The summed E-state index contributed by atoms with van der Waals surface area (Å²) in [4.78, 5) is 16.9. The van der Waals surface area contributed by atoms with Gasteiger partial charge in [-0.3, -0.25) is 9.69 Å². The Morgan fingerprint density at radius 2 is 1.76 bits per heavy atom. The highest BCUT2D eigenvalue weighted by atomic mass is 16.3. The number of aliphatic hydroxyl groups excluding tert-OH is 1. The third-order valence-electron chi connectivity index (χ3n) is 4.24. The van der Waals surface area contributed by atoms with Crippen LogP contribution in [0.3, 0.4) is 0 Å². The van der Waals surface area contributed by atoms with Crippen LogP contribution < -0.4 is 5.73 Å². The van der Waals surface area contributed by atoms with Gasteiger partial charge in [-0.1, -0.05) is 12.1 Å². The van der Waals surface area contributed by atoms with Crippen molar-refractivity contribution in [2.75, 3.05) is 45.1 Å². The second-order valence-corrected chi connectivity index (χ2v) is 6.10. The van der Waals surface area contributed by atoms with Crippen LogP contribution >= 0.6 is 0 Å². The zero-order valence-electron chi connectivity index (χ0n) is 12.9. The summed E-state index contributed by atoms with van der Waals surface area (Å²) in [6, 6.07) is 7.53. The normalized spacial score (nSPS) is 17.0. The summed E-state index contributed by atoms with van der Waals surface area (Å²) < 4.78 is 0. The molecule has 0 atom stereocenters. The third-order valence-corrected chi connectivity index (χ3v) is 4.24. The number of nitrogen functional groups attached to an aromatic ring is 1. The van der Waals surface area contributed by atoms with Crippen LogP contribution in [-0.2, 0) is 10.2 Å². The van der Waals surface area contributed by atoms with E-state index in [1.54, 1.807) is 0 Å². The molecular formula is C16H25N3O2. The first-order chi connectivity index (χ1) is 9.95. The average molecular weight is 291 g/mol. The van der Waals surface area contributed by atoms with Crippen molar-refractivity contribution < 1.29 is 9.90 Å². The topological polar surface area (TPSA) is 69.8 Å². The lowest BCUT2D eigenvalue weighted by Gasteiger charge is -2.38. The lowest BCUT2D eigenvalue weighted by molar-refractivity contribution is -0.138. The van der Waals surface area contributed by atoms with Gasteiger partial charge in [0.25, 0.3) is 0 Å². The van der Waals surface area contributed by atoms with Gasteiger partial charge in [-0.05, 0) is 31.5 Å². The lowest BCUT2D eigenvalue weighted by atomic mass is 9.83. The summed E-state index contributed by atoms with van der Waals surface area (Å²) in [6.07, 6.45) is 0. The fraction of sp³-hybridized carbons (Fsp3) is 0.562. The Labute approximate surface area is 126 Å². The molecule has 3 N–H and O–H groups in total. The van der Waals surface area contributed by atoms with Crippen molar-refractivity contribution in [3.63, 3.8) is 0 Å². The Morgan fingerprint density at radius 1 is 1.19 bits per heavy atom. The number of nitrogens with zero attached hydrogens (tertiary/aromatic N) is 2. The van der Waals surface area contributed by atoms with Crippen LogP contribution in [0.4, 0.5) is 5.69 Å². The fourth-order valence-electron chi connectivity index (χ4n) is 2.73. The second kappa shape index (κ2) is 6.45. The number of carbonyl (C=O) groups excluding carboxylic acids is 1. The smallest absolute Gasteiger partial charge is 0.232 e. The van der Waals surface area contributed by atoms with E-state index in [0.717, 1.165) is 31.7 Å². The van der Waals surface area contributed by atoms with Crippen LogP contribution in [0.2, 0.25) is 0 Å². The maximum atomic E-state index is 12.8. The van der Waals surface area contributed by atoms with E-state index in [1.807, 2.05) is 43.0 Å². The quantitative estimate of drug-likeness (QED) is 0.801. The fourth-order valence-corrected chi connectivity index (χ4v) is 2.73. The number of hydrogen-bond acceptors (Lipinski definition) is 4.